The van der Waals surface area contributed by atoms with Crippen molar-refractivity contribution in [2.75, 3.05) is 4.90 Å². The van der Waals surface area contributed by atoms with Crippen LogP contribution < -0.4 is 4.90 Å². The minimum atomic E-state index is 0.680. The highest BCUT2D eigenvalue weighted by molar-refractivity contribution is 8.00. The lowest BCUT2D eigenvalue weighted by Gasteiger charge is -2.30. The molecule has 4 nitrogen and oxygen atoms in total. The molecule has 0 saturated heterocycles. The molecule has 1 aliphatic rings. The largest absolute Gasteiger partial charge is 0.306 e. The molecule has 0 spiro atoms. The second-order valence-corrected chi connectivity index (χ2v) is 10.9. The second kappa shape index (κ2) is 7.82. The number of anilines is 3. The molecule has 0 aliphatic carbocycles. The Hall–Kier alpha value is -4.87. The van der Waals surface area contributed by atoms with E-state index in [-0.39, 0.29) is 0 Å². The summed E-state index contributed by atoms with van der Waals surface area (Å²) in [5.41, 5.74) is 8.82. The number of pyridine rings is 1. The Morgan fingerprint density at radius 2 is 1.28 bits per heavy atom. The van der Waals surface area contributed by atoms with Crippen LogP contribution in [0.1, 0.15) is 0 Å². The first kappa shape index (κ1) is 21.1. The quantitative estimate of drug-likeness (QED) is 0.229. The molecule has 4 aromatic carbocycles. The van der Waals surface area contributed by atoms with E-state index in [9.17, 15) is 0 Å². The molecule has 0 amide bonds. The predicted octanol–water partition coefficient (Wildman–Crippen LogP) is 9.23. The average Bonchev–Trinajstić information content (AvgIpc) is 3.52. The fraction of sp³-hybridized carbons (Fsp3) is 0. The Bertz CT molecular complexity index is 2220. The predicted molar refractivity (Wildman–Crippen MR) is 161 cm³/mol. The molecule has 5 heteroatoms. The normalized spacial score (nSPS) is 13.0. The van der Waals surface area contributed by atoms with Crippen LogP contribution in [0, 0.1) is 0 Å². The lowest BCUT2D eigenvalue weighted by atomic mass is 10.1. The maximum atomic E-state index is 5.29. The fourth-order valence-corrected chi connectivity index (χ4v) is 7.31. The van der Waals surface area contributed by atoms with E-state index in [1.807, 2.05) is 23.9 Å². The molecule has 8 aromatic rings. The first-order valence-electron chi connectivity index (χ1n) is 13.0. The van der Waals surface area contributed by atoms with Crippen LogP contribution >= 0.6 is 11.8 Å². The van der Waals surface area contributed by atoms with Crippen molar-refractivity contribution in [3.8, 4) is 11.3 Å². The van der Waals surface area contributed by atoms with Crippen molar-refractivity contribution in [1.82, 2.24) is 14.4 Å². The molecule has 5 heterocycles. The van der Waals surface area contributed by atoms with E-state index < -0.39 is 0 Å². The molecule has 0 bridgehead atoms. The molecular weight excluding hydrogens is 496 g/mol. The van der Waals surface area contributed by atoms with E-state index in [1.165, 1.54) is 31.6 Å². The Morgan fingerprint density at radius 3 is 2.18 bits per heavy atom. The summed E-state index contributed by atoms with van der Waals surface area (Å²) in [5.74, 6) is 0.680. The van der Waals surface area contributed by atoms with Crippen molar-refractivity contribution in [2.24, 2.45) is 0 Å². The van der Waals surface area contributed by atoms with E-state index in [2.05, 4.69) is 118 Å². The van der Waals surface area contributed by atoms with Gasteiger partial charge in [0.1, 0.15) is 0 Å². The summed E-state index contributed by atoms with van der Waals surface area (Å²) in [6, 6.07) is 42.6. The Morgan fingerprint density at radius 1 is 0.564 bits per heavy atom. The minimum absolute atomic E-state index is 0.680. The summed E-state index contributed by atoms with van der Waals surface area (Å²) in [6.07, 6.45) is 0. The lowest BCUT2D eigenvalue weighted by Crippen LogP contribution is -2.17. The van der Waals surface area contributed by atoms with Crippen molar-refractivity contribution >= 4 is 67.3 Å². The third kappa shape index (κ3) is 2.85. The van der Waals surface area contributed by atoms with Gasteiger partial charge in [0.2, 0.25) is 5.95 Å². The van der Waals surface area contributed by atoms with Crippen molar-refractivity contribution in [3.05, 3.63) is 121 Å². The van der Waals surface area contributed by atoms with Crippen molar-refractivity contribution in [1.29, 1.82) is 0 Å². The van der Waals surface area contributed by atoms with Crippen LogP contribution in [0.5, 0.6) is 0 Å². The first-order valence-corrected chi connectivity index (χ1v) is 13.8. The van der Waals surface area contributed by atoms with E-state index in [0.717, 1.165) is 39.1 Å². The van der Waals surface area contributed by atoms with Gasteiger partial charge in [0.15, 0.2) is 0 Å². The monoisotopic (exact) mass is 516 g/mol. The second-order valence-electron chi connectivity index (χ2n) is 9.86. The summed E-state index contributed by atoms with van der Waals surface area (Å²) in [5, 5.41) is 3.60. The first-order chi connectivity index (χ1) is 19.4. The molecule has 0 N–H and O–H groups in total. The Balaban J connectivity index is 1.42. The number of benzene rings is 4. The smallest absolute Gasteiger partial charge is 0.235 e. The summed E-state index contributed by atoms with van der Waals surface area (Å²) in [6.45, 7) is 0. The molecule has 0 saturated carbocycles. The lowest BCUT2D eigenvalue weighted by molar-refractivity contribution is 1.08. The highest BCUT2D eigenvalue weighted by Gasteiger charge is 2.34. The van der Waals surface area contributed by atoms with Crippen LogP contribution in [0.3, 0.4) is 0 Å². The zero-order valence-electron chi connectivity index (χ0n) is 20.7. The van der Waals surface area contributed by atoms with Gasteiger partial charge in [0.25, 0.3) is 0 Å². The average molecular weight is 517 g/mol. The molecule has 39 heavy (non-hydrogen) atoms. The number of fused-ring (bicyclic) bond motifs is 8. The number of rotatable bonds is 2. The minimum Gasteiger partial charge on any atom is -0.306 e. The summed E-state index contributed by atoms with van der Waals surface area (Å²) < 4.78 is 2.42. The maximum Gasteiger partial charge on any atom is 0.235 e. The van der Waals surface area contributed by atoms with Crippen molar-refractivity contribution in [3.63, 3.8) is 0 Å². The Kier molecular flexibility index (Phi) is 4.23. The molecule has 0 radical (unpaired) electrons. The van der Waals surface area contributed by atoms with E-state index in [4.69, 9.17) is 9.97 Å². The molecule has 0 fully saturated rings. The third-order valence-electron chi connectivity index (χ3n) is 7.72. The summed E-state index contributed by atoms with van der Waals surface area (Å²) in [4.78, 5) is 15.2. The van der Waals surface area contributed by atoms with Crippen molar-refractivity contribution < 1.29 is 0 Å². The van der Waals surface area contributed by atoms with Crippen LogP contribution in [-0.4, -0.2) is 14.4 Å². The van der Waals surface area contributed by atoms with E-state index in [1.54, 1.807) is 0 Å². The number of hydrogen-bond acceptors (Lipinski definition) is 4. The van der Waals surface area contributed by atoms with E-state index in [0.29, 0.717) is 5.95 Å². The zero-order chi connectivity index (χ0) is 25.5. The molecule has 9 rings (SSSR count). The van der Waals surface area contributed by atoms with Crippen LogP contribution in [0.25, 0.3) is 49.5 Å². The molecule has 0 unspecified atom stereocenters. The van der Waals surface area contributed by atoms with Gasteiger partial charge >= 0.3 is 0 Å². The SMILES string of the molecule is c1ccc(-c2nc(N3c4ccccc4Sc4c3c3cccc5c6ccccc6c4n35)nc3ccccc23)cc1. The highest BCUT2D eigenvalue weighted by atomic mass is 32.2. The van der Waals surface area contributed by atoms with Gasteiger partial charge in [-0.25, -0.2) is 9.97 Å². The van der Waals surface area contributed by atoms with Crippen LogP contribution in [0.2, 0.25) is 0 Å². The van der Waals surface area contributed by atoms with E-state index >= 15 is 0 Å². The molecule has 182 valence electrons. The zero-order valence-corrected chi connectivity index (χ0v) is 21.6. The van der Waals surface area contributed by atoms with Gasteiger partial charge in [-0.05, 0) is 30.3 Å². The van der Waals surface area contributed by atoms with Crippen LogP contribution in [0.4, 0.5) is 17.3 Å². The van der Waals surface area contributed by atoms with Gasteiger partial charge < -0.3 is 4.40 Å². The Labute approximate surface area is 228 Å². The molecule has 4 aromatic heterocycles. The van der Waals surface area contributed by atoms with Gasteiger partial charge in [-0.15, -0.1) is 0 Å². The van der Waals surface area contributed by atoms with Gasteiger partial charge in [0.05, 0.1) is 44.0 Å². The number of nitrogens with zero attached hydrogens (tertiary/aromatic N) is 4. The van der Waals surface area contributed by atoms with Crippen LogP contribution in [0.15, 0.2) is 131 Å². The van der Waals surface area contributed by atoms with Crippen LogP contribution in [-0.2, 0) is 0 Å². The summed E-state index contributed by atoms with van der Waals surface area (Å²) >= 11 is 1.84. The molecular formula is C34H20N4S. The number of aromatic nitrogens is 3. The fourth-order valence-electron chi connectivity index (χ4n) is 6.09. The summed E-state index contributed by atoms with van der Waals surface area (Å²) in [7, 11) is 0. The van der Waals surface area contributed by atoms with Crippen molar-refractivity contribution in [2.45, 2.75) is 9.79 Å². The van der Waals surface area contributed by atoms with Gasteiger partial charge in [-0.2, -0.15) is 0 Å². The van der Waals surface area contributed by atoms with Gasteiger partial charge in [-0.3, -0.25) is 4.90 Å². The molecule has 1 aliphatic heterocycles. The number of hydrogen-bond donors (Lipinski definition) is 0. The maximum absolute atomic E-state index is 5.29. The highest BCUT2D eigenvalue weighted by Crippen LogP contribution is 2.57. The van der Waals surface area contributed by atoms with Gasteiger partial charge in [0, 0.05) is 26.6 Å². The number of para-hydroxylation sites is 2. The molecule has 0 atom stereocenters. The van der Waals surface area contributed by atoms with Gasteiger partial charge in [-0.1, -0.05) is 103 Å². The third-order valence-corrected chi connectivity index (χ3v) is 8.88. The topological polar surface area (TPSA) is 33.4 Å². The standard InChI is InChI=1S/C34H20N4S/c1-2-11-21(12-3-1)30-24-15-6-7-16-25(24)35-34(36-30)38-27-17-8-9-20-29(27)39-33-31-23-14-5-4-13-22(23)26-18-10-19-28(32(33)38)37(26)31/h1-20H.